The number of amides is 1. The molecule has 0 radical (unpaired) electrons. The van der Waals surface area contributed by atoms with Gasteiger partial charge in [0.15, 0.2) is 0 Å². The van der Waals surface area contributed by atoms with Crippen molar-refractivity contribution in [2.24, 2.45) is 0 Å². The Morgan fingerprint density at radius 3 is 2.44 bits per heavy atom. The molecule has 3 aliphatic rings. The molecule has 2 fully saturated rings. The van der Waals surface area contributed by atoms with Crippen molar-refractivity contribution in [1.29, 1.82) is 0 Å². The van der Waals surface area contributed by atoms with E-state index in [9.17, 15) is 4.79 Å². The average molecular weight is 360 g/mol. The number of thioether (sulfide) groups is 1. The van der Waals surface area contributed by atoms with Crippen molar-refractivity contribution < 1.29 is 4.79 Å². The molecule has 0 saturated carbocycles. The lowest BCUT2D eigenvalue weighted by molar-refractivity contribution is -0.138. The molecule has 2 saturated heterocycles. The summed E-state index contributed by atoms with van der Waals surface area (Å²) in [5, 5.41) is 0. The average Bonchev–Trinajstić information content (AvgIpc) is 2.68. The Balaban J connectivity index is 1.36. The second-order valence-electron chi connectivity index (χ2n) is 7.61. The minimum absolute atomic E-state index is 0.0119. The monoisotopic (exact) mass is 359 g/mol. The summed E-state index contributed by atoms with van der Waals surface area (Å²) in [5.41, 5.74) is 2.72. The summed E-state index contributed by atoms with van der Waals surface area (Å²) in [6.45, 7) is 5.20. The fraction of sp³-hybridized carbons (Fsp3) is 0.650. The molecular formula is C20H29N3OS. The first-order valence-corrected chi connectivity index (χ1v) is 10.8. The van der Waals surface area contributed by atoms with Gasteiger partial charge < -0.3 is 4.90 Å². The molecule has 1 aromatic rings. The van der Waals surface area contributed by atoms with Crippen LogP contribution in [0, 0.1) is 0 Å². The molecule has 3 aliphatic heterocycles. The number of hydrogen-bond acceptors (Lipinski definition) is 4. The Morgan fingerprint density at radius 2 is 1.72 bits per heavy atom. The number of carbonyl (C=O) groups is 1. The van der Waals surface area contributed by atoms with Gasteiger partial charge in [-0.1, -0.05) is 24.3 Å². The predicted molar refractivity (Wildman–Crippen MR) is 104 cm³/mol. The lowest BCUT2D eigenvalue weighted by Gasteiger charge is -2.42. The maximum absolute atomic E-state index is 13.1. The molecule has 0 aliphatic carbocycles. The SMILES string of the molecule is CN1Cc2ccccc2CC1C(=O)N1CCC(N2CCSCC2)CC1. The topological polar surface area (TPSA) is 26.8 Å². The molecule has 0 aromatic heterocycles. The second-order valence-corrected chi connectivity index (χ2v) is 8.83. The van der Waals surface area contributed by atoms with Gasteiger partial charge in [-0.15, -0.1) is 0 Å². The molecule has 5 heteroatoms. The lowest BCUT2D eigenvalue weighted by Crippen LogP contribution is -2.54. The van der Waals surface area contributed by atoms with Gasteiger partial charge in [-0.25, -0.2) is 0 Å². The number of hydrogen-bond donors (Lipinski definition) is 0. The third kappa shape index (κ3) is 3.74. The smallest absolute Gasteiger partial charge is 0.240 e. The van der Waals surface area contributed by atoms with E-state index in [1.807, 2.05) is 0 Å². The number of likely N-dealkylation sites (tertiary alicyclic amines) is 1. The van der Waals surface area contributed by atoms with Gasteiger partial charge >= 0.3 is 0 Å². The number of fused-ring (bicyclic) bond motifs is 1. The predicted octanol–water partition coefficient (Wildman–Crippen LogP) is 2.08. The van der Waals surface area contributed by atoms with Crippen LogP contribution in [0.15, 0.2) is 24.3 Å². The van der Waals surface area contributed by atoms with Gasteiger partial charge in [-0.05, 0) is 37.4 Å². The third-order valence-electron chi connectivity index (χ3n) is 6.11. The summed E-state index contributed by atoms with van der Waals surface area (Å²) >= 11 is 2.07. The number of likely N-dealkylation sites (N-methyl/N-ethyl adjacent to an activating group) is 1. The fourth-order valence-corrected chi connectivity index (χ4v) is 5.47. The van der Waals surface area contributed by atoms with Crippen LogP contribution in [-0.2, 0) is 17.8 Å². The Kier molecular flexibility index (Phi) is 5.34. The van der Waals surface area contributed by atoms with E-state index >= 15 is 0 Å². The van der Waals surface area contributed by atoms with E-state index in [0.29, 0.717) is 11.9 Å². The molecule has 136 valence electrons. The maximum atomic E-state index is 13.1. The zero-order chi connectivity index (χ0) is 17.2. The van der Waals surface area contributed by atoms with Crippen molar-refractivity contribution in [2.45, 2.75) is 37.9 Å². The third-order valence-corrected chi connectivity index (χ3v) is 7.05. The highest BCUT2D eigenvalue weighted by molar-refractivity contribution is 7.99. The normalized spacial score (nSPS) is 26.4. The van der Waals surface area contributed by atoms with Gasteiger partial charge in [0.05, 0.1) is 6.04 Å². The van der Waals surface area contributed by atoms with Crippen molar-refractivity contribution in [3.63, 3.8) is 0 Å². The zero-order valence-corrected chi connectivity index (χ0v) is 16.0. The van der Waals surface area contributed by atoms with Gasteiger partial charge in [-0.3, -0.25) is 14.6 Å². The van der Waals surface area contributed by atoms with Crippen LogP contribution in [0.5, 0.6) is 0 Å². The summed E-state index contributed by atoms with van der Waals surface area (Å²) in [5.74, 6) is 2.88. The van der Waals surface area contributed by atoms with Crippen LogP contribution in [0.25, 0.3) is 0 Å². The summed E-state index contributed by atoms with van der Waals surface area (Å²) in [7, 11) is 2.09. The van der Waals surface area contributed by atoms with Crippen LogP contribution >= 0.6 is 11.8 Å². The van der Waals surface area contributed by atoms with Crippen LogP contribution in [-0.4, -0.2) is 77.4 Å². The molecule has 1 amide bonds. The Hall–Kier alpha value is -1.04. The number of rotatable bonds is 2. The minimum Gasteiger partial charge on any atom is -0.341 e. The molecular weight excluding hydrogens is 330 g/mol. The van der Waals surface area contributed by atoms with E-state index in [0.717, 1.165) is 38.9 Å². The van der Waals surface area contributed by atoms with Gasteiger partial charge in [-0.2, -0.15) is 11.8 Å². The minimum atomic E-state index is 0.0119. The van der Waals surface area contributed by atoms with Crippen molar-refractivity contribution in [2.75, 3.05) is 44.7 Å². The molecule has 1 atom stereocenters. The Morgan fingerprint density at radius 1 is 1.04 bits per heavy atom. The number of piperidine rings is 1. The quantitative estimate of drug-likeness (QED) is 0.808. The van der Waals surface area contributed by atoms with E-state index in [1.165, 1.54) is 35.7 Å². The fourth-order valence-electron chi connectivity index (χ4n) is 4.53. The largest absolute Gasteiger partial charge is 0.341 e. The number of nitrogens with zero attached hydrogens (tertiary/aromatic N) is 3. The highest BCUT2D eigenvalue weighted by atomic mass is 32.2. The van der Waals surface area contributed by atoms with Gasteiger partial charge in [0.2, 0.25) is 5.91 Å². The van der Waals surface area contributed by atoms with Crippen LogP contribution in [0.4, 0.5) is 0 Å². The molecule has 0 bridgehead atoms. The molecule has 25 heavy (non-hydrogen) atoms. The van der Waals surface area contributed by atoms with E-state index in [-0.39, 0.29) is 6.04 Å². The van der Waals surface area contributed by atoms with E-state index in [2.05, 4.69) is 57.8 Å². The molecule has 3 heterocycles. The molecule has 0 N–H and O–H groups in total. The number of carbonyl (C=O) groups excluding carboxylic acids is 1. The van der Waals surface area contributed by atoms with E-state index < -0.39 is 0 Å². The summed E-state index contributed by atoms with van der Waals surface area (Å²) in [6.07, 6.45) is 3.14. The first-order chi connectivity index (χ1) is 12.2. The maximum Gasteiger partial charge on any atom is 0.240 e. The van der Waals surface area contributed by atoms with Crippen molar-refractivity contribution >= 4 is 17.7 Å². The summed E-state index contributed by atoms with van der Waals surface area (Å²) in [4.78, 5) is 20.1. The molecule has 1 unspecified atom stereocenters. The lowest BCUT2D eigenvalue weighted by atomic mass is 9.93. The highest BCUT2D eigenvalue weighted by Gasteiger charge is 2.34. The van der Waals surface area contributed by atoms with Crippen molar-refractivity contribution in [1.82, 2.24) is 14.7 Å². The van der Waals surface area contributed by atoms with Crippen LogP contribution in [0.1, 0.15) is 24.0 Å². The number of benzene rings is 1. The van der Waals surface area contributed by atoms with Gasteiger partial charge in [0.1, 0.15) is 0 Å². The zero-order valence-electron chi connectivity index (χ0n) is 15.2. The van der Waals surface area contributed by atoms with Crippen molar-refractivity contribution in [3.8, 4) is 0 Å². The van der Waals surface area contributed by atoms with Gasteiger partial charge in [0, 0.05) is 50.3 Å². The molecule has 4 rings (SSSR count). The molecule has 1 aromatic carbocycles. The van der Waals surface area contributed by atoms with Crippen molar-refractivity contribution in [3.05, 3.63) is 35.4 Å². The van der Waals surface area contributed by atoms with E-state index in [4.69, 9.17) is 0 Å². The summed E-state index contributed by atoms with van der Waals surface area (Å²) in [6, 6.07) is 9.26. The Bertz CT molecular complexity index is 609. The van der Waals surface area contributed by atoms with Gasteiger partial charge in [0.25, 0.3) is 0 Å². The van der Waals surface area contributed by atoms with E-state index in [1.54, 1.807) is 0 Å². The molecule has 0 spiro atoms. The standard InChI is InChI=1S/C20H29N3OS/c1-21-15-17-5-3-2-4-16(17)14-19(21)20(24)23-8-6-18(7-9-23)22-10-12-25-13-11-22/h2-5,18-19H,6-15H2,1H3. The van der Waals surface area contributed by atoms with Crippen LogP contribution in [0.2, 0.25) is 0 Å². The second kappa shape index (κ2) is 7.68. The molecule has 4 nitrogen and oxygen atoms in total. The summed E-state index contributed by atoms with van der Waals surface area (Å²) < 4.78 is 0. The van der Waals surface area contributed by atoms with Crippen LogP contribution < -0.4 is 0 Å². The first-order valence-electron chi connectivity index (χ1n) is 9.60. The Labute approximate surface area is 155 Å². The first kappa shape index (κ1) is 17.4. The van der Waals surface area contributed by atoms with Crippen LogP contribution in [0.3, 0.4) is 0 Å². The highest BCUT2D eigenvalue weighted by Crippen LogP contribution is 2.25.